The van der Waals surface area contributed by atoms with Crippen molar-refractivity contribution in [1.82, 2.24) is 15.0 Å². The van der Waals surface area contributed by atoms with Gasteiger partial charge in [-0.3, -0.25) is 0 Å². The van der Waals surface area contributed by atoms with E-state index in [0.717, 1.165) is 3.57 Å². The molecule has 1 aromatic carbocycles. The Hall–Kier alpha value is -1.15. The first kappa shape index (κ1) is 12.3. The minimum absolute atomic E-state index is 0.0253. The molecule has 17 heavy (non-hydrogen) atoms. The second-order valence-corrected chi connectivity index (χ2v) is 4.51. The van der Waals surface area contributed by atoms with Gasteiger partial charge in [-0.2, -0.15) is 9.97 Å². The molecule has 0 bridgehead atoms. The smallest absolute Gasteiger partial charge is 0.329 e. The van der Waals surface area contributed by atoms with Crippen LogP contribution >= 0.6 is 34.2 Å². The van der Waals surface area contributed by atoms with Crippen LogP contribution in [0.3, 0.4) is 0 Å². The van der Waals surface area contributed by atoms with Gasteiger partial charge in [-0.25, -0.2) is 0 Å². The molecule has 0 amide bonds. The molecule has 0 saturated carbocycles. The summed E-state index contributed by atoms with van der Waals surface area (Å²) in [6, 6.07) is 7.66. The van der Waals surface area contributed by atoms with Crippen molar-refractivity contribution in [3.05, 3.63) is 33.1 Å². The average molecular weight is 364 g/mol. The Morgan fingerprint density at radius 3 is 2.35 bits per heavy atom. The lowest BCUT2D eigenvalue weighted by molar-refractivity contribution is 0.359. The van der Waals surface area contributed by atoms with Crippen LogP contribution in [0, 0.1) is 3.57 Å². The number of methoxy groups -OCH3 is 1. The van der Waals surface area contributed by atoms with Crippen molar-refractivity contribution in [3.63, 3.8) is 0 Å². The second kappa shape index (κ2) is 5.46. The van der Waals surface area contributed by atoms with Crippen LogP contribution in [-0.2, 0) is 0 Å². The van der Waals surface area contributed by atoms with Crippen molar-refractivity contribution in [3.8, 4) is 17.8 Å². The predicted molar refractivity (Wildman–Crippen MR) is 70.6 cm³/mol. The van der Waals surface area contributed by atoms with Crippen LogP contribution in [0.15, 0.2) is 24.3 Å². The van der Waals surface area contributed by atoms with Gasteiger partial charge in [0.15, 0.2) is 0 Å². The van der Waals surface area contributed by atoms with E-state index in [1.54, 1.807) is 0 Å². The molecule has 0 aliphatic rings. The molecule has 0 saturated heterocycles. The zero-order chi connectivity index (χ0) is 12.3. The monoisotopic (exact) mass is 363 g/mol. The molecular weight excluding hydrogens is 356 g/mol. The molecule has 0 radical (unpaired) electrons. The standard InChI is InChI=1S/C10H7ClIN3O2/c1-16-9-13-8(11)14-10(15-9)17-7-4-2-6(12)3-5-7/h2-5H,1H3. The van der Waals surface area contributed by atoms with E-state index in [2.05, 4.69) is 37.5 Å². The number of rotatable bonds is 3. The highest BCUT2D eigenvalue weighted by Crippen LogP contribution is 2.21. The summed E-state index contributed by atoms with van der Waals surface area (Å²) in [7, 11) is 1.44. The minimum Gasteiger partial charge on any atom is -0.467 e. The van der Waals surface area contributed by atoms with Gasteiger partial charge in [-0.1, -0.05) is 0 Å². The summed E-state index contributed by atoms with van der Waals surface area (Å²) >= 11 is 7.90. The minimum atomic E-state index is 0.0253. The molecule has 5 nitrogen and oxygen atoms in total. The number of ether oxygens (including phenoxy) is 2. The highest BCUT2D eigenvalue weighted by Gasteiger charge is 2.07. The fourth-order valence-corrected chi connectivity index (χ4v) is 1.56. The molecule has 0 N–H and O–H groups in total. The number of hydrogen-bond donors (Lipinski definition) is 0. The third-order valence-corrected chi connectivity index (χ3v) is 2.66. The van der Waals surface area contributed by atoms with Crippen LogP contribution in [0.1, 0.15) is 0 Å². The maximum absolute atomic E-state index is 5.70. The predicted octanol–water partition coefficient (Wildman–Crippen LogP) is 2.93. The Morgan fingerprint density at radius 1 is 1.06 bits per heavy atom. The Morgan fingerprint density at radius 2 is 1.71 bits per heavy atom. The molecule has 0 fully saturated rings. The molecule has 7 heteroatoms. The number of nitrogens with zero attached hydrogens (tertiary/aromatic N) is 3. The molecule has 88 valence electrons. The van der Waals surface area contributed by atoms with Crippen molar-refractivity contribution >= 4 is 34.2 Å². The van der Waals surface area contributed by atoms with Gasteiger partial charge in [0.1, 0.15) is 5.75 Å². The van der Waals surface area contributed by atoms with Crippen LogP contribution in [0.25, 0.3) is 0 Å². The molecule has 0 aliphatic carbocycles. The van der Waals surface area contributed by atoms with E-state index in [-0.39, 0.29) is 17.3 Å². The number of halogens is 2. The van der Waals surface area contributed by atoms with Crippen molar-refractivity contribution in [2.24, 2.45) is 0 Å². The number of hydrogen-bond acceptors (Lipinski definition) is 5. The van der Waals surface area contributed by atoms with Crippen molar-refractivity contribution in [2.45, 2.75) is 0 Å². The molecule has 1 aromatic heterocycles. The van der Waals surface area contributed by atoms with Crippen LogP contribution in [0.2, 0.25) is 5.28 Å². The quantitative estimate of drug-likeness (QED) is 0.785. The maximum Gasteiger partial charge on any atom is 0.329 e. The highest BCUT2D eigenvalue weighted by molar-refractivity contribution is 14.1. The van der Waals surface area contributed by atoms with Crippen LogP contribution in [0.4, 0.5) is 0 Å². The normalized spacial score (nSPS) is 10.1. The van der Waals surface area contributed by atoms with E-state index >= 15 is 0 Å². The van der Waals surface area contributed by atoms with E-state index in [4.69, 9.17) is 21.1 Å². The van der Waals surface area contributed by atoms with Crippen LogP contribution in [-0.4, -0.2) is 22.1 Å². The van der Waals surface area contributed by atoms with E-state index < -0.39 is 0 Å². The van der Waals surface area contributed by atoms with Gasteiger partial charge in [0, 0.05) is 3.57 Å². The third kappa shape index (κ3) is 3.40. The van der Waals surface area contributed by atoms with Crippen LogP contribution in [0.5, 0.6) is 17.8 Å². The summed E-state index contributed by atoms with van der Waals surface area (Å²) in [4.78, 5) is 11.5. The fraction of sp³-hybridized carbons (Fsp3) is 0.100. The highest BCUT2D eigenvalue weighted by atomic mass is 127. The average Bonchev–Trinajstić information content (AvgIpc) is 2.31. The van der Waals surface area contributed by atoms with E-state index in [1.807, 2.05) is 24.3 Å². The zero-order valence-electron chi connectivity index (χ0n) is 8.72. The third-order valence-electron chi connectivity index (χ3n) is 1.77. The van der Waals surface area contributed by atoms with Crippen molar-refractivity contribution in [2.75, 3.05) is 7.11 Å². The first-order valence-electron chi connectivity index (χ1n) is 4.56. The summed E-state index contributed by atoms with van der Waals surface area (Å²) < 4.78 is 11.4. The van der Waals surface area contributed by atoms with Gasteiger partial charge < -0.3 is 9.47 Å². The Kier molecular flexibility index (Phi) is 3.95. The first-order chi connectivity index (χ1) is 8.17. The molecule has 1 heterocycles. The number of benzene rings is 1. The summed E-state index contributed by atoms with van der Waals surface area (Å²) in [5, 5.41) is 0.0253. The lowest BCUT2D eigenvalue weighted by atomic mass is 10.3. The van der Waals surface area contributed by atoms with E-state index in [1.165, 1.54) is 7.11 Å². The lowest BCUT2D eigenvalue weighted by Gasteiger charge is -2.04. The Labute approximate surface area is 116 Å². The van der Waals surface area contributed by atoms with Crippen LogP contribution < -0.4 is 9.47 Å². The molecular formula is C10H7ClIN3O2. The van der Waals surface area contributed by atoms with Crippen molar-refractivity contribution in [1.29, 1.82) is 0 Å². The largest absolute Gasteiger partial charge is 0.467 e. The molecule has 0 unspecified atom stereocenters. The number of aromatic nitrogens is 3. The lowest BCUT2D eigenvalue weighted by Crippen LogP contribution is -1.98. The summed E-state index contributed by atoms with van der Waals surface area (Å²) in [6.45, 7) is 0. The molecule has 0 aliphatic heterocycles. The molecule has 0 spiro atoms. The summed E-state index contributed by atoms with van der Waals surface area (Å²) in [5.74, 6) is 0.620. The van der Waals surface area contributed by atoms with Gasteiger partial charge in [0.25, 0.3) is 0 Å². The van der Waals surface area contributed by atoms with E-state index in [0.29, 0.717) is 5.75 Å². The van der Waals surface area contributed by atoms with Gasteiger partial charge in [0.2, 0.25) is 5.28 Å². The zero-order valence-corrected chi connectivity index (χ0v) is 11.6. The van der Waals surface area contributed by atoms with Crippen molar-refractivity contribution < 1.29 is 9.47 Å². The maximum atomic E-state index is 5.70. The Balaban J connectivity index is 2.23. The van der Waals surface area contributed by atoms with Gasteiger partial charge in [-0.05, 0) is 58.5 Å². The summed E-state index contributed by atoms with van der Waals surface area (Å²) in [6.07, 6.45) is 0. The van der Waals surface area contributed by atoms with Gasteiger partial charge in [0.05, 0.1) is 7.11 Å². The van der Waals surface area contributed by atoms with Gasteiger partial charge >= 0.3 is 12.0 Å². The second-order valence-electron chi connectivity index (χ2n) is 2.93. The molecule has 2 rings (SSSR count). The Bertz CT molecular complexity index is 521. The summed E-state index contributed by atoms with van der Waals surface area (Å²) in [5.41, 5.74) is 0. The van der Waals surface area contributed by atoms with Gasteiger partial charge in [-0.15, -0.1) is 4.98 Å². The fourth-order valence-electron chi connectivity index (χ4n) is 1.06. The SMILES string of the molecule is COc1nc(Cl)nc(Oc2ccc(I)cc2)n1. The molecule has 2 aromatic rings. The molecule has 0 atom stereocenters. The first-order valence-corrected chi connectivity index (χ1v) is 6.02. The topological polar surface area (TPSA) is 57.1 Å². The van der Waals surface area contributed by atoms with E-state index in [9.17, 15) is 0 Å².